The summed E-state index contributed by atoms with van der Waals surface area (Å²) in [5.41, 5.74) is 0. The van der Waals surface area contributed by atoms with Gasteiger partial charge in [0.05, 0.1) is 0 Å². The van der Waals surface area contributed by atoms with Crippen molar-refractivity contribution in [1.82, 2.24) is 10.2 Å². The molecule has 2 saturated heterocycles. The smallest absolute Gasteiger partial charge is 0.0467 e. The summed E-state index contributed by atoms with van der Waals surface area (Å²) in [5.74, 6) is 1.59. The van der Waals surface area contributed by atoms with Crippen molar-refractivity contribution in [3.05, 3.63) is 22.4 Å². The summed E-state index contributed by atoms with van der Waals surface area (Å²) in [4.78, 5) is 4.35. The number of hydrogen-bond donors (Lipinski definition) is 1. The van der Waals surface area contributed by atoms with Gasteiger partial charge in [0, 0.05) is 23.5 Å². The largest absolute Gasteiger partial charge is 0.315 e. The summed E-state index contributed by atoms with van der Waals surface area (Å²) in [7, 11) is 0. The molecule has 3 heteroatoms. The second-order valence-corrected chi connectivity index (χ2v) is 7.05. The number of nitrogens with one attached hydrogen (secondary N) is 1. The van der Waals surface area contributed by atoms with Gasteiger partial charge in [-0.15, -0.1) is 11.3 Å². The van der Waals surface area contributed by atoms with E-state index in [1.54, 1.807) is 4.88 Å². The standard InChI is InChI=1S/C15H24N2S/c1-11(2)15(14-6-4-8-18-14)17-7-3-5-12-9-16-10-13(12)17/h4,6,8,11-13,15-16H,3,5,7,9-10H2,1-2H3. The molecule has 0 aliphatic carbocycles. The molecule has 3 atom stereocenters. The topological polar surface area (TPSA) is 15.3 Å². The molecule has 18 heavy (non-hydrogen) atoms. The number of thiophene rings is 1. The van der Waals surface area contributed by atoms with E-state index in [9.17, 15) is 0 Å². The fourth-order valence-electron chi connectivity index (χ4n) is 3.78. The van der Waals surface area contributed by atoms with Gasteiger partial charge < -0.3 is 5.32 Å². The van der Waals surface area contributed by atoms with Crippen LogP contribution < -0.4 is 5.32 Å². The Balaban J connectivity index is 1.85. The van der Waals surface area contributed by atoms with Gasteiger partial charge in [-0.3, -0.25) is 4.90 Å². The minimum Gasteiger partial charge on any atom is -0.315 e. The van der Waals surface area contributed by atoms with Gasteiger partial charge in [0.1, 0.15) is 0 Å². The van der Waals surface area contributed by atoms with Gasteiger partial charge in [0.15, 0.2) is 0 Å². The quantitative estimate of drug-likeness (QED) is 0.902. The molecule has 0 aromatic carbocycles. The molecule has 2 aliphatic rings. The van der Waals surface area contributed by atoms with Crippen molar-refractivity contribution in [3.8, 4) is 0 Å². The van der Waals surface area contributed by atoms with Crippen LogP contribution in [0.3, 0.4) is 0 Å². The lowest BCUT2D eigenvalue weighted by Crippen LogP contribution is -2.48. The summed E-state index contributed by atoms with van der Waals surface area (Å²) in [6, 6.07) is 5.91. The first-order valence-electron chi connectivity index (χ1n) is 7.27. The summed E-state index contributed by atoms with van der Waals surface area (Å²) in [5, 5.41) is 5.82. The van der Waals surface area contributed by atoms with E-state index in [1.165, 1.54) is 32.5 Å². The predicted octanol–water partition coefficient (Wildman–Crippen LogP) is 3.13. The molecule has 0 spiro atoms. The van der Waals surface area contributed by atoms with Crippen LogP contribution in [0.25, 0.3) is 0 Å². The number of rotatable bonds is 3. The number of piperidine rings is 1. The van der Waals surface area contributed by atoms with Crippen LogP contribution in [0, 0.1) is 11.8 Å². The minimum absolute atomic E-state index is 0.623. The highest BCUT2D eigenvalue weighted by Crippen LogP contribution is 2.38. The molecule has 1 aromatic heterocycles. The summed E-state index contributed by atoms with van der Waals surface area (Å²) in [6.07, 6.45) is 2.79. The highest BCUT2D eigenvalue weighted by molar-refractivity contribution is 7.10. The SMILES string of the molecule is CC(C)C(c1cccs1)N1CCCC2CNCC21. The van der Waals surface area contributed by atoms with E-state index in [4.69, 9.17) is 0 Å². The average Bonchev–Trinajstić information content (AvgIpc) is 2.98. The molecule has 2 aliphatic heterocycles. The first-order valence-corrected chi connectivity index (χ1v) is 8.15. The summed E-state index contributed by atoms with van der Waals surface area (Å²) >= 11 is 1.93. The highest BCUT2D eigenvalue weighted by Gasteiger charge is 2.39. The van der Waals surface area contributed by atoms with Crippen LogP contribution in [0.2, 0.25) is 0 Å². The summed E-state index contributed by atoms with van der Waals surface area (Å²) in [6.45, 7) is 8.45. The molecule has 100 valence electrons. The van der Waals surface area contributed by atoms with Gasteiger partial charge in [0.2, 0.25) is 0 Å². The Morgan fingerprint density at radius 2 is 2.28 bits per heavy atom. The molecular weight excluding hydrogens is 240 g/mol. The molecule has 3 unspecified atom stereocenters. The van der Waals surface area contributed by atoms with Gasteiger partial charge in [-0.05, 0) is 49.2 Å². The minimum atomic E-state index is 0.623. The second kappa shape index (κ2) is 5.32. The van der Waals surface area contributed by atoms with Crippen molar-refractivity contribution in [2.75, 3.05) is 19.6 Å². The van der Waals surface area contributed by atoms with Crippen LogP contribution in [0.15, 0.2) is 17.5 Å². The third kappa shape index (κ3) is 2.24. The number of fused-ring (bicyclic) bond motifs is 1. The lowest BCUT2D eigenvalue weighted by atomic mass is 9.88. The van der Waals surface area contributed by atoms with Gasteiger partial charge in [-0.25, -0.2) is 0 Å². The zero-order valence-corrected chi connectivity index (χ0v) is 12.2. The Morgan fingerprint density at radius 1 is 1.39 bits per heavy atom. The Kier molecular flexibility index (Phi) is 3.73. The highest BCUT2D eigenvalue weighted by atomic mass is 32.1. The molecule has 0 radical (unpaired) electrons. The molecular formula is C15H24N2S. The van der Waals surface area contributed by atoms with Gasteiger partial charge in [-0.1, -0.05) is 19.9 Å². The predicted molar refractivity (Wildman–Crippen MR) is 78.0 cm³/mol. The molecule has 3 rings (SSSR count). The zero-order valence-electron chi connectivity index (χ0n) is 11.4. The zero-order chi connectivity index (χ0) is 12.5. The van der Waals surface area contributed by atoms with Crippen LogP contribution >= 0.6 is 11.3 Å². The molecule has 2 nitrogen and oxygen atoms in total. The Hall–Kier alpha value is -0.380. The number of hydrogen-bond acceptors (Lipinski definition) is 3. The average molecular weight is 264 g/mol. The lowest BCUT2D eigenvalue weighted by Gasteiger charge is -2.43. The number of likely N-dealkylation sites (tertiary alicyclic amines) is 1. The Morgan fingerprint density at radius 3 is 3.00 bits per heavy atom. The van der Waals surface area contributed by atoms with Crippen molar-refractivity contribution in [3.63, 3.8) is 0 Å². The van der Waals surface area contributed by atoms with Crippen molar-refractivity contribution in [1.29, 1.82) is 0 Å². The fraction of sp³-hybridized carbons (Fsp3) is 0.733. The maximum absolute atomic E-state index is 3.60. The normalized spacial score (nSPS) is 30.6. The molecule has 3 heterocycles. The van der Waals surface area contributed by atoms with E-state index in [1.807, 2.05) is 11.3 Å². The summed E-state index contributed by atoms with van der Waals surface area (Å²) < 4.78 is 0. The van der Waals surface area contributed by atoms with Crippen LogP contribution in [0.5, 0.6) is 0 Å². The molecule has 1 aromatic rings. The third-order valence-corrected chi connectivity index (χ3v) is 5.49. The van der Waals surface area contributed by atoms with E-state index in [-0.39, 0.29) is 0 Å². The maximum Gasteiger partial charge on any atom is 0.0467 e. The van der Waals surface area contributed by atoms with Gasteiger partial charge >= 0.3 is 0 Å². The molecule has 1 N–H and O–H groups in total. The van der Waals surface area contributed by atoms with E-state index in [2.05, 4.69) is 41.6 Å². The van der Waals surface area contributed by atoms with E-state index >= 15 is 0 Å². The van der Waals surface area contributed by atoms with E-state index in [0.29, 0.717) is 12.0 Å². The van der Waals surface area contributed by atoms with Crippen molar-refractivity contribution >= 4 is 11.3 Å². The number of nitrogens with zero attached hydrogens (tertiary/aromatic N) is 1. The van der Waals surface area contributed by atoms with E-state index in [0.717, 1.165) is 12.0 Å². The lowest BCUT2D eigenvalue weighted by molar-refractivity contribution is 0.0558. The van der Waals surface area contributed by atoms with Crippen molar-refractivity contribution in [2.24, 2.45) is 11.8 Å². The Labute approximate surface area is 114 Å². The van der Waals surface area contributed by atoms with Crippen LogP contribution in [-0.2, 0) is 0 Å². The third-order valence-electron chi connectivity index (χ3n) is 4.54. The van der Waals surface area contributed by atoms with Crippen molar-refractivity contribution < 1.29 is 0 Å². The van der Waals surface area contributed by atoms with Crippen LogP contribution in [0.4, 0.5) is 0 Å². The first kappa shape index (κ1) is 12.6. The monoisotopic (exact) mass is 264 g/mol. The first-order chi connectivity index (χ1) is 8.77. The van der Waals surface area contributed by atoms with E-state index < -0.39 is 0 Å². The molecule has 0 amide bonds. The van der Waals surface area contributed by atoms with Crippen LogP contribution in [-0.4, -0.2) is 30.6 Å². The van der Waals surface area contributed by atoms with Crippen molar-refractivity contribution in [2.45, 2.75) is 38.8 Å². The van der Waals surface area contributed by atoms with Gasteiger partial charge in [0.25, 0.3) is 0 Å². The maximum atomic E-state index is 3.60. The fourth-order valence-corrected chi connectivity index (χ4v) is 4.80. The Bertz CT molecular complexity index is 374. The molecule has 0 bridgehead atoms. The van der Waals surface area contributed by atoms with Gasteiger partial charge in [-0.2, -0.15) is 0 Å². The van der Waals surface area contributed by atoms with Crippen LogP contribution in [0.1, 0.15) is 37.6 Å². The second-order valence-electron chi connectivity index (χ2n) is 6.07. The molecule has 0 saturated carbocycles. The molecule has 2 fully saturated rings.